The summed E-state index contributed by atoms with van der Waals surface area (Å²) in [4.78, 5) is 28.1. The van der Waals surface area contributed by atoms with Crippen molar-refractivity contribution in [1.82, 2.24) is 0 Å². The molecule has 1 aliphatic heterocycles. The number of carbonyl (C=O) groups is 2. The molecule has 6 rings (SSSR count). The number of benzene rings is 4. The lowest BCUT2D eigenvalue weighted by atomic mass is 9.85. The topological polar surface area (TPSA) is 61.8 Å². The zero-order chi connectivity index (χ0) is 26.4. The molecule has 0 N–H and O–H groups in total. The van der Waals surface area contributed by atoms with Gasteiger partial charge in [0.2, 0.25) is 8.32 Å². The maximum Gasteiger partial charge on any atom is 0.336 e. The van der Waals surface area contributed by atoms with E-state index in [0.717, 1.165) is 33.0 Å². The Morgan fingerprint density at radius 1 is 0.763 bits per heavy atom. The number of fused-ring (bicyclic) bond motifs is 4. The third kappa shape index (κ3) is 3.97. The Kier molecular flexibility index (Phi) is 6.01. The lowest BCUT2D eigenvalue weighted by Gasteiger charge is -2.40. The van der Waals surface area contributed by atoms with Gasteiger partial charge in [-0.05, 0) is 47.1 Å². The number of carbonyl (C=O) groups excluding carboxylic acids is 2. The number of hydrogen-bond acceptors (Lipinski definition) is 5. The molecule has 4 aromatic rings. The van der Waals surface area contributed by atoms with Crippen LogP contribution >= 0.6 is 0 Å². The molecule has 6 heteroatoms. The van der Waals surface area contributed by atoms with Gasteiger partial charge in [0.1, 0.15) is 5.75 Å². The molecule has 190 valence electrons. The largest absolute Gasteiger partial charge is 0.497 e. The Labute approximate surface area is 223 Å². The second kappa shape index (κ2) is 9.38. The van der Waals surface area contributed by atoms with Crippen molar-refractivity contribution in [3.63, 3.8) is 0 Å². The molecular weight excluding hydrogens is 492 g/mol. The van der Waals surface area contributed by atoms with Crippen molar-refractivity contribution in [2.45, 2.75) is 31.2 Å². The molecule has 2 atom stereocenters. The van der Waals surface area contributed by atoms with Crippen LogP contribution in [0.3, 0.4) is 0 Å². The molecule has 0 amide bonds. The first kappa shape index (κ1) is 24.3. The van der Waals surface area contributed by atoms with Crippen LogP contribution in [0.2, 0.25) is 13.1 Å². The first-order valence-corrected chi connectivity index (χ1v) is 15.6. The maximum absolute atomic E-state index is 14.1. The van der Waals surface area contributed by atoms with Gasteiger partial charge < -0.3 is 13.9 Å². The highest BCUT2D eigenvalue weighted by atomic mass is 28.4. The standard InChI is InChI=1S/C32H28O5Si/c1-35-21-17-18-27-26(19-21)28(29(33)20-11-5-4-6-12-20)31(37-38(27,2)3)32(34)36-30-24-15-9-7-13-22(24)23-14-8-10-16-25(23)30/h4-19,28,30-31H,1-3H3/t28-,31+/m0/s1. The summed E-state index contributed by atoms with van der Waals surface area (Å²) in [7, 11) is -0.973. The van der Waals surface area contributed by atoms with Gasteiger partial charge in [-0.2, -0.15) is 0 Å². The van der Waals surface area contributed by atoms with Crippen molar-refractivity contribution in [3.05, 3.63) is 119 Å². The zero-order valence-corrected chi connectivity index (χ0v) is 22.5. The van der Waals surface area contributed by atoms with Crippen LogP contribution in [-0.4, -0.2) is 33.3 Å². The quantitative estimate of drug-likeness (QED) is 0.190. The number of methoxy groups -OCH3 is 1. The minimum Gasteiger partial charge on any atom is -0.497 e. The molecule has 2 aliphatic rings. The SMILES string of the molecule is COc1ccc2c(c1)[C@@H](C(=O)c1ccccc1)[C@H](C(=O)OC1c3ccccc3-c3ccccc31)O[Si]2(C)C. The maximum atomic E-state index is 14.1. The lowest BCUT2D eigenvalue weighted by Crippen LogP contribution is -2.58. The van der Waals surface area contributed by atoms with Crippen LogP contribution in [0.15, 0.2) is 97.1 Å². The fourth-order valence-electron chi connectivity index (χ4n) is 5.75. The van der Waals surface area contributed by atoms with Crippen molar-refractivity contribution < 1.29 is 23.5 Å². The number of esters is 1. The van der Waals surface area contributed by atoms with Gasteiger partial charge in [0.25, 0.3) is 0 Å². The molecule has 4 aromatic carbocycles. The van der Waals surface area contributed by atoms with E-state index < -0.39 is 32.4 Å². The molecular formula is C32H28O5Si. The summed E-state index contributed by atoms with van der Waals surface area (Å²) in [6.45, 7) is 4.09. The number of rotatable bonds is 5. The fraction of sp³-hybridized carbons (Fsp3) is 0.188. The summed E-state index contributed by atoms with van der Waals surface area (Å²) in [6.07, 6.45) is -1.65. The van der Waals surface area contributed by atoms with Crippen molar-refractivity contribution in [2.75, 3.05) is 7.11 Å². The Morgan fingerprint density at radius 2 is 1.37 bits per heavy atom. The van der Waals surface area contributed by atoms with Gasteiger partial charge in [-0.1, -0.05) is 84.9 Å². The van der Waals surface area contributed by atoms with E-state index in [0.29, 0.717) is 11.3 Å². The van der Waals surface area contributed by atoms with Crippen LogP contribution in [0.25, 0.3) is 11.1 Å². The van der Waals surface area contributed by atoms with Gasteiger partial charge in [0.15, 0.2) is 18.0 Å². The van der Waals surface area contributed by atoms with Crippen molar-refractivity contribution in [1.29, 1.82) is 0 Å². The van der Waals surface area contributed by atoms with E-state index in [9.17, 15) is 9.59 Å². The lowest BCUT2D eigenvalue weighted by molar-refractivity contribution is -0.157. The van der Waals surface area contributed by atoms with E-state index in [2.05, 4.69) is 0 Å². The molecule has 0 aromatic heterocycles. The third-order valence-electron chi connectivity index (χ3n) is 7.55. The average Bonchev–Trinajstić information content (AvgIpc) is 3.26. The second-order valence-electron chi connectivity index (χ2n) is 10.2. The van der Waals surface area contributed by atoms with E-state index in [1.165, 1.54) is 0 Å². The van der Waals surface area contributed by atoms with E-state index in [4.69, 9.17) is 13.9 Å². The van der Waals surface area contributed by atoms with E-state index in [1.807, 2.05) is 98.0 Å². The molecule has 38 heavy (non-hydrogen) atoms. The number of Topliss-reactive ketones (excluding diaryl/α,β-unsaturated/α-hetero) is 1. The average molecular weight is 521 g/mol. The molecule has 0 saturated heterocycles. The highest BCUT2D eigenvalue weighted by molar-refractivity contribution is 6.85. The first-order valence-electron chi connectivity index (χ1n) is 12.7. The van der Waals surface area contributed by atoms with Crippen molar-refractivity contribution in [2.24, 2.45) is 0 Å². The number of ether oxygens (including phenoxy) is 2. The number of hydrogen-bond donors (Lipinski definition) is 0. The van der Waals surface area contributed by atoms with Crippen LogP contribution < -0.4 is 9.92 Å². The van der Waals surface area contributed by atoms with Crippen molar-refractivity contribution in [3.8, 4) is 16.9 Å². The predicted molar refractivity (Wildman–Crippen MR) is 148 cm³/mol. The van der Waals surface area contributed by atoms with Crippen LogP contribution in [-0.2, 0) is 14.0 Å². The van der Waals surface area contributed by atoms with E-state index in [1.54, 1.807) is 19.2 Å². The molecule has 0 fully saturated rings. The minimum absolute atomic E-state index is 0.182. The molecule has 1 aliphatic carbocycles. The molecule has 0 unspecified atom stereocenters. The van der Waals surface area contributed by atoms with Crippen LogP contribution in [0.5, 0.6) is 5.75 Å². The van der Waals surface area contributed by atoms with E-state index in [-0.39, 0.29) is 5.78 Å². The van der Waals surface area contributed by atoms with Gasteiger partial charge in [0, 0.05) is 16.7 Å². The summed E-state index contributed by atoms with van der Waals surface area (Å²) in [5.41, 5.74) is 5.25. The fourth-order valence-corrected chi connectivity index (χ4v) is 8.15. The molecule has 0 radical (unpaired) electrons. The Balaban J connectivity index is 1.44. The van der Waals surface area contributed by atoms with Gasteiger partial charge in [-0.3, -0.25) is 4.79 Å². The monoisotopic (exact) mass is 520 g/mol. The van der Waals surface area contributed by atoms with Crippen LogP contribution in [0.4, 0.5) is 0 Å². The Morgan fingerprint density at radius 3 is 2.00 bits per heavy atom. The van der Waals surface area contributed by atoms with Gasteiger partial charge >= 0.3 is 5.97 Å². The predicted octanol–water partition coefficient (Wildman–Crippen LogP) is 5.79. The molecule has 5 nitrogen and oxygen atoms in total. The molecule has 0 saturated carbocycles. The van der Waals surface area contributed by atoms with Crippen LogP contribution in [0, 0.1) is 0 Å². The summed E-state index contributed by atoms with van der Waals surface area (Å²) in [5.74, 6) is -0.946. The summed E-state index contributed by atoms with van der Waals surface area (Å²) < 4.78 is 18.4. The minimum atomic E-state index is -2.57. The molecule has 0 spiro atoms. The van der Waals surface area contributed by atoms with Crippen molar-refractivity contribution >= 4 is 25.3 Å². The highest BCUT2D eigenvalue weighted by Gasteiger charge is 2.49. The zero-order valence-electron chi connectivity index (χ0n) is 21.5. The Bertz CT molecular complexity index is 1500. The number of ketones is 1. The highest BCUT2D eigenvalue weighted by Crippen LogP contribution is 2.46. The van der Waals surface area contributed by atoms with Crippen LogP contribution in [0.1, 0.15) is 39.1 Å². The summed E-state index contributed by atoms with van der Waals surface area (Å²) in [6, 6.07) is 30.7. The molecule has 0 bridgehead atoms. The van der Waals surface area contributed by atoms with E-state index >= 15 is 0 Å². The summed E-state index contributed by atoms with van der Waals surface area (Å²) >= 11 is 0. The van der Waals surface area contributed by atoms with Gasteiger partial charge in [0.05, 0.1) is 13.0 Å². The van der Waals surface area contributed by atoms with Gasteiger partial charge in [-0.15, -0.1) is 0 Å². The Hall–Kier alpha value is -4.00. The first-order chi connectivity index (χ1) is 18.4. The second-order valence-corrected chi connectivity index (χ2v) is 14.0. The molecule has 1 heterocycles. The third-order valence-corrected chi connectivity index (χ3v) is 10.1. The summed E-state index contributed by atoms with van der Waals surface area (Å²) in [5, 5.41) is 0.980. The smallest absolute Gasteiger partial charge is 0.336 e. The van der Waals surface area contributed by atoms with Gasteiger partial charge in [-0.25, -0.2) is 4.79 Å². The normalized spacial score (nSPS) is 19.1.